The van der Waals surface area contributed by atoms with Crippen LogP contribution in [0.4, 0.5) is 0 Å². The summed E-state index contributed by atoms with van der Waals surface area (Å²) < 4.78 is 16.6. The Morgan fingerprint density at radius 2 is 1.63 bits per heavy atom. The average molecular weight is 719 g/mol. The Hall–Kier alpha value is -3.42. The third-order valence-electron chi connectivity index (χ3n) is 7.46. The Labute approximate surface area is 288 Å². The van der Waals surface area contributed by atoms with E-state index in [1.807, 2.05) is 0 Å². The number of carbonyl (C=O) groups is 5. The van der Waals surface area contributed by atoms with Crippen LogP contribution in [0.2, 0.25) is 5.02 Å². The Bertz CT molecular complexity index is 1220. The topological polar surface area (TPSA) is 262 Å². The zero-order valence-corrected chi connectivity index (χ0v) is 28.0. The van der Waals surface area contributed by atoms with Crippen LogP contribution in [0.1, 0.15) is 44.6 Å². The molecule has 0 aliphatic carbocycles. The van der Waals surface area contributed by atoms with Crippen molar-refractivity contribution in [1.82, 2.24) is 21.3 Å². The largest absolute Gasteiger partial charge is 0.477 e. The standard InChI is InChI=1S/C31H47ClN4O13/c1-19(38)33-10-13-47-14-11-34-24(41)5-3-2-4-12-48-31(30(45)46)16-22(39)27(36-26(43)18-37)29(49-31)28(44)23(40)17-35-25(42)15-20-6-8-21(32)9-7-20/h6-9,22-23,27-29,37,39-40,44H,2-5,10-18H2,1H3,(H,33,38)(H,34,41)(H,35,42)(H,36,43)(H,45,46)/t22-,23+,27+,28+,29+,31+/m0/s1. The molecule has 1 saturated heterocycles. The van der Waals surface area contributed by atoms with Gasteiger partial charge in [-0.1, -0.05) is 30.2 Å². The normalized spacial score (nSPS) is 21.6. The molecular weight excluding hydrogens is 672 g/mol. The molecule has 9 N–H and O–H groups in total. The lowest BCUT2D eigenvalue weighted by Gasteiger charge is -2.46. The number of aliphatic hydroxyl groups is 4. The van der Waals surface area contributed by atoms with Crippen molar-refractivity contribution >= 4 is 41.2 Å². The molecule has 6 atom stereocenters. The minimum atomic E-state index is -2.49. The zero-order chi connectivity index (χ0) is 36.4. The quantitative estimate of drug-likeness (QED) is 0.0587. The maximum Gasteiger partial charge on any atom is 0.364 e. The lowest BCUT2D eigenvalue weighted by atomic mass is 9.88. The average Bonchev–Trinajstić information content (AvgIpc) is 3.06. The van der Waals surface area contributed by atoms with Crippen molar-refractivity contribution < 1.29 is 63.7 Å². The molecular formula is C31H47ClN4O13. The van der Waals surface area contributed by atoms with Gasteiger partial charge in [0.15, 0.2) is 0 Å². The Kier molecular flexibility index (Phi) is 18.4. The van der Waals surface area contributed by atoms with Crippen LogP contribution in [0.15, 0.2) is 24.3 Å². The van der Waals surface area contributed by atoms with Gasteiger partial charge in [-0.3, -0.25) is 19.2 Å². The number of halogens is 1. The maximum atomic E-state index is 12.4. The Balaban J connectivity index is 1.91. The van der Waals surface area contributed by atoms with Gasteiger partial charge in [0.1, 0.15) is 18.8 Å². The molecule has 1 aromatic carbocycles. The van der Waals surface area contributed by atoms with Crippen LogP contribution in [0.3, 0.4) is 0 Å². The molecule has 0 spiro atoms. The van der Waals surface area contributed by atoms with Gasteiger partial charge in [0.25, 0.3) is 5.79 Å². The van der Waals surface area contributed by atoms with Crippen LogP contribution in [-0.4, -0.2) is 137 Å². The van der Waals surface area contributed by atoms with E-state index in [1.54, 1.807) is 24.3 Å². The van der Waals surface area contributed by atoms with Gasteiger partial charge >= 0.3 is 5.97 Å². The molecule has 4 amide bonds. The van der Waals surface area contributed by atoms with Crippen molar-refractivity contribution in [2.45, 2.75) is 81.7 Å². The molecule has 1 heterocycles. The number of carbonyl (C=O) groups excluding carboxylic acids is 4. The highest BCUT2D eigenvalue weighted by Crippen LogP contribution is 2.34. The molecule has 0 unspecified atom stereocenters. The van der Waals surface area contributed by atoms with Gasteiger partial charge in [-0.05, 0) is 30.5 Å². The Morgan fingerprint density at radius 1 is 0.959 bits per heavy atom. The van der Waals surface area contributed by atoms with Gasteiger partial charge in [0, 0.05) is 44.4 Å². The lowest BCUT2D eigenvalue weighted by molar-refractivity contribution is -0.310. The molecule has 1 aliphatic heterocycles. The fourth-order valence-corrected chi connectivity index (χ4v) is 5.03. The monoisotopic (exact) mass is 718 g/mol. The summed E-state index contributed by atoms with van der Waals surface area (Å²) in [4.78, 5) is 59.6. The number of unbranched alkanes of at least 4 members (excludes halogenated alkanes) is 2. The molecule has 0 saturated carbocycles. The van der Waals surface area contributed by atoms with Crippen molar-refractivity contribution in [3.05, 3.63) is 34.9 Å². The van der Waals surface area contributed by atoms with Gasteiger partial charge in [-0.2, -0.15) is 0 Å². The first-order valence-electron chi connectivity index (χ1n) is 15.9. The van der Waals surface area contributed by atoms with Crippen molar-refractivity contribution in [3.63, 3.8) is 0 Å². The van der Waals surface area contributed by atoms with Crippen LogP contribution in [-0.2, 0) is 44.6 Å². The summed E-state index contributed by atoms with van der Waals surface area (Å²) in [6.45, 7) is 0.993. The molecule has 0 radical (unpaired) electrons. The second-order valence-electron chi connectivity index (χ2n) is 11.4. The van der Waals surface area contributed by atoms with E-state index in [0.29, 0.717) is 49.5 Å². The summed E-state index contributed by atoms with van der Waals surface area (Å²) in [7, 11) is 0. The number of rotatable bonds is 22. The highest BCUT2D eigenvalue weighted by molar-refractivity contribution is 6.30. The van der Waals surface area contributed by atoms with Crippen LogP contribution in [0.25, 0.3) is 0 Å². The smallest absolute Gasteiger partial charge is 0.364 e. The van der Waals surface area contributed by atoms with Crippen molar-refractivity contribution in [3.8, 4) is 0 Å². The Morgan fingerprint density at radius 3 is 2.27 bits per heavy atom. The van der Waals surface area contributed by atoms with Crippen LogP contribution in [0.5, 0.6) is 0 Å². The second-order valence-corrected chi connectivity index (χ2v) is 11.9. The number of aliphatic hydroxyl groups excluding tert-OH is 4. The summed E-state index contributed by atoms with van der Waals surface area (Å²) >= 11 is 5.85. The maximum absolute atomic E-state index is 12.4. The van der Waals surface area contributed by atoms with E-state index in [9.17, 15) is 49.5 Å². The predicted molar refractivity (Wildman–Crippen MR) is 172 cm³/mol. The first kappa shape index (κ1) is 41.7. The molecule has 1 fully saturated rings. The van der Waals surface area contributed by atoms with E-state index in [0.717, 1.165) is 0 Å². The number of ether oxygens (including phenoxy) is 3. The fourth-order valence-electron chi connectivity index (χ4n) is 4.91. The van der Waals surface area contributed by atoms with E-state index in [2.05, 4.69) is 21.3 Å². The van der Waals surface area contributed by atoms with E-state index in [-0.39, 0.29) is 37.9 Å². The molecule has 18 heteroatoms. The van der Waals surface area contributed by atoms with Crippen LogP contribution < -0.4 is 21.3 Å². The molecule has 49 heavy (non-hydrogen) atoms. The second kappa shape index (κ2) is 21.6. The highest BCUT2D eigenvalue weighted by Gasteiger charge is 2.55. The molecule has 0 bridgehead atoms. The molecule has 17 nitrogen and oxygen atoms in total. The fraction of sp³-hybridized carbons (Fsp3) is 0.645. The van der Waals surface area contributed by atoms with Gasteiger partial charge in [-0.25, -0.2) is 4.79 Å². The third kappa shape index (κ3) is 14.9. The van der Waals surface area contributed by atoms with Gasteiger partial charge in [0.2, 0.25) is 23.6 Å². The minimum absolute atomic E-state index is 0.0640. The third-order valence-corrected chi connectivity index (χ3v) is 7.71. The molecule has 2 rings (SSSR count). The van der Waals surface area contributed by atoms with E-state index in [1.165, 1.54) is 6.92 Å². The number of hydrogen-bond acceptors (Lipinski definition) is 12. The predicted octanol–water partition coefficient (Wildman–Crippen LogP) is -2.03. The van der Waals surface area contributed by atoms with Crippen molar-refractivity contribution in [2.24, 2.45) is 0 Å². The summed E-state index contributed by atoms with van der Waals surface area (Å²) in [5.74, 6) is -5.96. The highest BCUT2D eigenvalue weighted by atomic mass is 35.5. The van der Waals surface area contributed by atoms with E-state index >= 15 is 0 Å². The zero-order valence-electron chi connectivity index (χ0n) is 27.3. The van der Waals surface area contributed by atoms with Crippen molar-refractivity contribution in [1.29, 1.82) is 0 Å². The van der Waals surface area contributed by atoms with Crippen LogP contribution >= 0.6 is 11.6 Å². The summed E-state index contributed by atoms with van der Waals surface area (Å²) in [6.07, 6.45) is -6.43. The SMILES string of the molecule is CC(=O)NCCOCCNC(=O)CCCCCO[C@]1(C(=O)O)C[C@H](O)[C@@H](NC(=O)CO)[C@H]([C@H](O)[C@H](O)CNC(=O)Cc2ccc(Cl)cc2)O1. The van der Waals surface area contributed by atoms with Crippen molar-refractivity contribution in [2.75, 3.05) is 46.1 Å². The number of carboxylic acid groups (broad SMARTS) is 1. The summed E-state index contributed by atoms with van der Waals surface area (Å²) in [5.41, 5.74) is 0.632. The molecule has 1 aromatic rings. The van der Waals surface area contributed by atoms with Gasteiger partial charge in [0.05, 0.1) is 44.5 Å². The summed E-state index contributed by atoms with van der Waals surface area (Å²) in [6, 6.07) is 5.02. The van der Waals surface area contributed by atoms with Gasteiger partial charge < -0.3 is 61.0 Å². The molecule has 0 aromatic heterocycles. The number of hydrogen-bond donors (Lipinski definition) is 9. The lowest BCUT2D eigenvalue weighted by Crippen LogP contribution is -2.68. The molecule has 276 valence electrons. The van der Waals surface area contributed by atoms with Gasteiger partial charge in [-0.15, -0.1) is 0 Å². The number of amides is 4. The van der Waals surface area contributed by atoms with E-state index in [4.69, 9.17) is 25.8 Å². The minimum Gasteiger partial charge on any atom is -0.477 e. The number of aliphatic carboxylic acids is 1. The van der Waals surface area contributed by atoms with Crippen LogP contribution in [0, 0.1) is 0 Å². The van der Waals surface area contributed by atoms with E-state index < -0.39 is 73.6 Å². The summed E-state index contributed by atoms with van der Waals surface area (Å²) in [5, 5.41) is 62.4. The number of benzene rings is 1. The number of nitrogens with one attached hydrogen (secondary N) is 4. The first-order chi connectivity index (χ1) is 23.3. The molecule has 1 aliphatic rings. The number of carboxylic acids is 1. The first-order valence-corrected chi connectivity index (χ1v) is 16.3.